The summed E-state index contributed by atoms with van der Waals surface area (Å²) in [5, 5.41) is 5.55. The van der Waals surface area contributed by atoms with E-state index in [1.807, 2.05) is 13.8 Å². The lowest BCUT2D eigenvalue weighted by Crippen LogP contribution is -2.26. The molecule has 196 valence electrons. The monoisotopic (exact) mass is 563 g/mol. The van der Waals surface area contributed by atoms with Gasteiger partial charge >= 0.3 is 0 Å². The first-order chi connectivity index (χ1) is 17.7. The summed E-state index contributed by atoms with van der Waals surface area (Å²) in [7, 11) is -3.91. The Kier molecular flexibility index (Phi) is 8.23. The van der Waals surface area contributed by atoms with E-state index in [0.717, 1.165) is 6.42 Å². The molecule has 0 aliphatic rings. The minimum absolute atomic E-state index is 0.00505. The summed E-state index contributed by atoms with van der Waals surface area (Å²) >= 11 is 12.4. The molecule has 2 aromatic carbocycles. The smallest absolute Gasteiger partial charge is 0.277 e. The first-order valence-corrected chi connectivity index (χ1v) is 14.1. The number of ether oxygens (including phenoxy) is 1. The van der Waals surface area contributed by atoms with E-state index in [1.54, 1.807) is 31.2 Å². The summed E-state index contributed by atoms with van der Waals surface area (Å²) in [4.78, 5) is 20.2. The van der Waals surface area contributed by atoms with Gasteiger partial charge in [0.2, 0.25) is 10.0 Å². The molecule has 4 rings (SSSR count). The molecule has 0 spiro atoms. The third kappa shape index (κ3) is 5.67. The number of aromatic amines is 1. The number of benzene rings is 2. The van der Waals surface area contributed by atoms with Gasteiger partial charge in [-0.25, -0.2) is 22.6 Å². The number of halogens is 2. The lowest BCUT2D eigenvalue weighted by Gasteiger charge is -2.13. The van der Waals surface area contributed by atoms with Crippen molar-refractivity contribution in [3.8, 4) is 17.1 Å². The molecule has 2 heterocycles. The Balaban J connectivity index is 1.71. The fourth-order valence-corrected chi connectivity index (χ4v) is 5.69. The summed E-state index contributed by atoms with van der Waals surface area (Å²) in [5.41, 5.74) is 1.56. The van der Waals surface area contributed by atoms with Crippen LogP contribution < -0.4 is 15.0 Å². The quantitative estimate of drug-likeness (QED) is 0.291. The second-order valence-electron chi connectivity index (χ2n) is 8.37. The van der Waals surface area contributed by atoms with Crippen molar-refractivity contribution in [1.29, 1.82) is 0 Å². The van der Waals surface area contributed by atoms with Gasteiger partial charge in [0, 0.05) is 23.0 Å². The highest BCUT2D eigenvalue weighted by Crippen LogP contribution is 2.30. The molecule has 37 heavy (non-hydrogen) atoms. The maximum Gasteiger partial charge on any atom is 0.277 e. The number of rotatable bonds is 10. The maximum atomic E-state index is 13.1. The molecule has 0 atom stereocenters. The second-order valence-corrected chi connectivity index (χ2v) is 10.9. The number of nitrogens with one attached hydrogen (secondary N) is 2. The van der Waals surface area contributed by atoms with Crippen molar-refractivity contribution in [2.24, 2.45) is 0 Å². The minimum atomic E-state index is -3.91. The molecule has 0 bridgehead atoms. The van der Waals surface area contributed by atoms with E-state index in [0.29, 0.717) is 63.4 Å². The molecule has 12 heteroatoms. The average molecular weight is 564 g/mol. The molecule has 0 unspecified atom stereocenters. The maximum absolute atomic E-state index is 13.1. The van der Waals surface area contributed by atoms with Gasteiger partial charge in [0.15, 0.2) is 11.3 Å². The molecule has 0 radical (unpaired) electrons. The van der Waals surface area contributed by atoms with Crippen molar-refractivity contribution in [2.45, 2.75) is 44.9 Å². The SMILES string of the molecule is CCCc1nc(C)c2c(=O)[nH]c(-c3cc(S(=O)(=O)NCCc4c(Cl)cccc4Cl)ccc3OCC)nn12. The minimum Gasteiger partial charge on any atom is -0.493 e. The zero-order chi connectivity index (χ0) is 26.7. The summed E-state index contributed by atoms with van der Waals surface area (Å²) in [6.07, 6.45) is 1.77. The molecular weight excluding hydrogens is 537 g/mol. The lowest BCUT2D eigenvalue weighted by molar-refractivity contribution is 0.341. The van der Waals surface area contributed by atoms with E-state index < -0.39 is 10.0 Å². The Morgan fingerprint density at radius 2 is 1.84 bits per heavy atom. The van der Waals surface area contributed by atoms with Crippen molar-refractivity contribution >= 4 is 38.7 Å². The topological polar surface area (TPSA) is 118 Å². The van der Waals surface area contributed by atoms with Gasteiger partial charge in [-0.15, -0.1) is 5.10 Å². The Hall–Kier alpha value is -2.92. The number of imidazole rings is 1. The number of aromatic nitrogens is 4. The van der Waals surface area contributed by atoms with E-state index in [-0.39, 0.29) is 22.8 Å². The fourth-order valence-electron chi connectivity index (χ4n) is 4.05. The number of sulfonamides is 1. The summed E-state index contributed by atoms with van der Waals surface area (Å²) in [6.45, 7) is 6.01. The van der Waals surface area contributed by atoms with Crippen LogP contribution in [0, 0.1) is 6.92 Å². The molecule has 0 aliphatic heterocycles. The van der Waals surface area contributed by atoms with Gasteiger partial charge in [0.05, 0.1) is 22.8 Å². The van der Waals surface area contributed by atoms with Gasteiger partial charge in [-0.1, -0.05) is 36.2 Å². The van der Waals surface area contributed by atoms with Crippen molar-refractivity contribution in [3.05, 3.63) is 73.9 Å². The highest BCUT2D eigenvalue weighted by molar-refractivity contribution is 7.89. The van der Waals surface area contributed by atoms with Crippen molar-refractivity contribution < 1.29 is 13.2 Å². The van der Waals surface area contributed by atoms with Gasteiger partial charge in [0.1, 0.15) is 11.6 Å². The van der Waals surface area contributed by atoms with Crippen LogP contribution in [0.2, 0.25) is 10.0 Å². The summed E-state index contributed by atoms with van der Waals surface area (Å²) in [5.74, 6) is 1.22. The first kappa shape index (κ1) is 27.1. The predicted octanol–water partition coefficient (Wildman–Crippen LogP) is 4.57. The molecule has 0 aliphatic carbocycles. The Morgan fingerprint density at radius 1 is 1.11 bits per heavy atom. The molecule has 9 nitrogen and oxygen atoms in total. The number of aryl methyl sites for hydroxylation is 2. The van der Waals surface area contributed by atoms with Gasteiger partial charge in [-0.2, -0.15) is 0 Å². The summed E-state index contributed by atoms with van der Waals surface area (Å²) in [6, 6.07) is 9.56. The molecule has 2 aromatic heterocycles. The third-order valence-corrected chi connectivity index (χ3v) is 7.93. The predicted molar refractivity (Wildman–Crippen MR) is 144 cm³/mol. The molecule has 0 amide bonds. The first-order valence-electron chi connectivity index (χ1n) is 11.8. The van der Waals surface area contributed by atoms with E-state index in [2.05, 4.69) is 19.8 Å². The summed E-state index contributed by atoms with van der Waals surface area (Å²) < 4.78 is 36.1. The van der Waals surface area contributed by atoms with Crippen molar-refractivity contribution in [2.75, 3.05) is 13.2 Å². The van der Waals surface area contributed by atoms with E-state index in [4.69, 9.17) is 27.9 Å². The largest absolute Gasteiger partial charge is 0.493 e. The zero-order valence-electron chi connectivity index (χ0n) is 20.6. The van der Waals surface area contributed by atoms with Crippen LogP contribution >= 0.6 is 23.2 Å². The molecule has 0 saturated heterocycles. The van der Waals surface area contributed by atoms with Gasteiger partial charge < -0.3 is 9.72 Å². The van der Waals surface area contributed by atoms with Gasteiger partial charge in [0.25, 0.3) is 5.56 Å². The Morgan fingerprint density at radius 3 is 2.51 bits per heavy atom. The highest BCUT2D eigenvalue weighted by Gasteiger charge is 2.21. The Labute approximate surface area is 224 Å². The Bertz CT molecular complexity index is 1600. The van der Waals surface area contributed by atoms with Crippen LogP contribution in [0.3, 0.4) is 0 Å². The molecule has 4 aromatic rings. The van der Waals surface area contributed by atoms with E-state index in [9.17, 15) is 13.2 Å². The molecule has 2 N–H and O–H groups in total. The van der Waals surface area contributed by atoms with Crippen LogP contribution in [-0.2, 0) is 22.9 Å². The van der Waals surface area contributed by atoms with Crippen molar-refractivity contribution in [1.82, 2.24) is 24.3 Å². The average Bonchev–Trinajstić information content (AvgIpc) is 3.17. The number of hydrogen-bond donors (Lipinski definition) is 2. The number of nitrogens with zero attached hydrogens (tertiary/aromatic N) is 3. The van der Waals surface area contributed by atoms with Crippen LogP contribution in [0.25, 0.3) is 16.9 Å². The second kappa shape index (κ2) is 11.2. The van der Waals surface area contributed by atoms with Crippen LogP contribution in [-0.4, -0.2) is 41.2 Å². The normalized spacial score (nSPS) is 11.8. The molecular formula is C25H27Cl2N5O4S. The van der Waals surface area contributed by atoms with Gasteiger partial charge in [-0.05, 0) is 62.6 Å². The number of fused-ring (bicyclic) bond motifs is 1. The lowest BCUT2D eigenvalue weighted by atomic mass is 10.1. The number of H-pyrrole nitrogens is 1. The fraction of sp³-hybridized carbons (Fsp3) is 0.320. The highest BCUT2D eigenvalue weighted by atomic mass is 35.5. The van der Waals surface area contributed by atoms with Gasteiger partial charge in [-0.3, -0.25) is 4.79 Å². The third-order valence-electron chi connectivity index (χ3n) is 5.76. The standard InChI is InChI=1S/C25H27Cl2N5O4S/c1-4-7-22-29-15(3)23-25(33)30-24(31-32(22)23)18-14-16(10-11-21(18)36-5-2)37(34,35)28-13-12-17-19(26)8-6-9-20(17)27/h6,8-11,14,28H,4-5,7,12-13H2,1-3H3,(H,30,31,33). The van der Waals surface area contributed by atoms with Crippen LogP contribution in [0.15, 0.2) is 46.1 Å². The van der Waals surface area contributed by atoms with Crippen LogP contribution in [0.4, 0.5) is 0 Å². The number of hydrogen-bond acceptors (Lipinski definition) is 6. The molecule has 0 fully saturated rings. The molecule has 0 saturated carbocycles. The van der Waals surface area contributed by atoms with Crippen LogP contribution in [0.5, 0.6) is 5.75 Å². The van der Waals surface area contributed by atoms with Crippen LogP contribution in [0.1, 0.15) is 37.4 Å². The van der Waals surface area contributed by atoms with E-state index >= 15 is 0 Å². The van der Waals surface area contributed by atoms with E-state index in [1.165, 1.54) is 16.6 Å². The zero-order valence-corrected chi connectivity index (χ0v) is 23.0. The van der Waals surface area contributed by atoms with Crippen molar-refractivity contribution in [3.63, 3.8) is 0 Å².